The second-order valence-corrected chi connectivity index (χ2v) is 14.3. The average Bonchev–Trinajstić information content (AvgIpc) is 3.49. The Hall–Kier alpha value is -3.54. The van der Waals surface area contributed by atoms with E-state index in [0.29, 0.717) is 0 Å². The van der Waals surface area contributed by atoms with Crippen LogP contribution in [0.2, 0.25) is 0 Å². The number of nitrogens with two attached hydrogens (primary N) is 2. The molecule has 10 atom stereocenters. The Labute approximate surface area is 264 Å². The minimum atomic E-state index is -5.32. The Morgan fingerprint density at radius 1 is 1.04 bits per heavy atom. The molecule has 3 saturated heterocycles. The number of nitrogens with zero attached hydrogens (tertiary/aromatic N) is 7. The fourth-order valence-corrected chi connectivity index (χ4v) is 8.39. The van der Waals surface area contributed by atoms with Crippen molar-refractivity contribution in [1.29, 1.82) is 0 Å². The zero-order valence-corrected chi connectivity index (χ0v) is 25.6. The molecule has 48 heavy (non-hydrogen) atoms. The molecule has 7 heterocycles. The third kappa shape index (κ3) is 4.79. The third-order valence-electron chi connectivity index (χ3n) is 8.73. The Kier molecular flexibility index (Phi) is 6.92. The fourth-order valence-electron chi connectivity index (χ4n) is 6.46. The number of hydrogen-bond donors (Lipinski definition) is 6. The first kappa shape index (κ1) is 31.7. The van der Waals surface area contributed by atoms with Crippen molar-refractivity contribution < 1.29 is 60.4 Å². The zero-order chi connectivity index (χ0) is 34.0. The lowest BCUT2D eigenvalue weighted by Gasteiger charge is -2.26. The first-order valence-corrected chi connectivity index (χ1v) is 16.9. The molecule has 4 fully saturated rings. The highest BCUT2D eigenvalue weighted by atomic mass is 31.2. The number of aliphatic hydroxyl groups excluding tert-OH is 1. The predicted molar refractivity (Wildman–Crippen MR) is 149 cm³/mol. The van der Waals surface area contributed by atoms with Crippen molar-refractivity contribution in [2.24, 2.45) is 5.41 Å². The van der Waals surface area contributed by atoms with E-state index < -0.39 is 95.0 Å². The molecule has 4 aliphatic rings. The van der Waals surface area contributed by atoms with Gasteiger partial charge in [-0.1, -0.05) is 0 Å². The molecule has 8 N–H and O–H groups in total. The molecule has 4 aromatic heterocycles. The van der Waals surface area contributed by atoms with E-state index in [4.69, 9.17) is 39.0 Å². The van der Waals surface area contributed by atoms with Crippen molar-refractivity contribution >= 4 is 44.4 Å². The van der Waals surface area contributed by atoms with Gasteiger partial charge in [0.05, 0.1) is 37.3 Å². The molecule has 1 spiro atoms. The molecule has 1 aliphatic carbocycles. The number of phosphoric acid groups is 2. The number of phosphoric ester groups is 2. The van der Waals surface area contributed by atoms with Crippen LogP contribution in [0.5, 0.6) is 0 Å². The van der Waals surface area contributed by atoms with Gasteiger partial charge >= 0.3 is 15.6 Å². The number of H-pyrrole nitrogens is 1. The summed E-state index contributed by atoms with van der Waals surface area (Å²) in [5.74, 6) is -3.98. The van der Waals surface area contributed by atoms with Crippen molar-refractivity contribution in [3.8, 4) is 0 Å². The topological polar surface area (TPSA) is 309 Å². The van der Waals surface area contributed by atoms with Crippen LogP contribution in [0, 0.1) is 5.41 Å². The Morgan fingerprint density at radius 2 is 1.77 bits per heavy atom. The highest BCUT2D eigenvalue weighted by molar-refractivity contribution is 7.47. The number of hydrogen-bond acceptors (Lipinski definition) is 17. The number of fused-ring (bicyclic) bond motifs is 3. The summed E-state index contributed by atoms with van der Waals surface area (Å²) >= 11 is 0. The smallest absolute Gasteiger partial charge is 0.386 e. The summed E-state index contributed by atoms with van der Waals surface area (Å²) < 4.78 is 92.1. The molecule has 2 bridgehead atoms. The second kappa shape index (κ2) is 10.5. The van der Waals surface area contributed by atoms with E-state index in [2.05, 4.69) is 30.0 Å². The summed E-state index contributed by atoms with van der Waals surface area (Å²) in [6.45, 7) is -1.96. The van der Waals surface area contributed by atoms with Gasteiger partial charge in [-0.15, -0.1) is 0 Å². The van der Waals surface area contributed by atoms with E-state index in [0.717, 1.165) is 21.7 Å². The molecule has 4 aromatic rings. The van der Waals surface area contributed by atoms with Crippen LogP contribution in [0.1, 0.15) is 24.3 Å². The number of rotatable bonds is 2. The lowest BCUT2D eigenvalue weighted by molar-refractivity contribution is -0.0569. The molecule has 26 heteroatoms. The Balaban J connectivity index is 1.15. The molecule has 0 amide bonds. The summed E-state index contributed by atoms with van der Waals surface area (Å²) in [7, 11) is -10.6. The van der Waals surface area contributed by atoms with E-state index in [1.54, 1.807) is 0 Å². The molecule has 258 valence electrons. The minimum absolute atomic E-state index is 0.000226. The van der Waals surface area contributed by atoms with Crippen molar-refractivity contribution in [1.82, 2.24) is 39.1 Å². The van der Waals surface area contributed by atoms with E-state index >= 15 is 8.78 Å². The van der Waals surface area contributed by atoms with Crippen molar-refractivity contribution in [2.45, 2.75) is 55.2 Å². The number of aromatic amines is 1. The van der Waals surface area contributed by atoms with Crippen LogP contribution in [0.4, 0.5) is 20.7 Å². The SMILES string of the molecule is Nc1nc2c(ncn2[C@@H]2O[C@@H]3COP(=O)(O)O[C@H]4[C@H](c5cnn6c(N)ncnc56)O[C@H](COP(=O)(O)O[C@H]3[C@H]2O)[C@]42CC2(F)F)c(=O)[nH]1. The van der Waals surface area contributed by atoms with E-state index in [-0.39, 0.29) is 34.3 Å². The van der Waals surface area contributed by atoms with Gasteiger partial charge in [0.2, 0.25) is 11.9 Å². The van der Waals surface area contributed by atoms with Crippen LogP contribution in [0.25, 0.3) is 16.8 Å². The van der Waals surface area contributed by atoms with Gasteiger partial charge in [-0.3, -0.25) is 32.4 Å². The number of anilines is 2. The lowest BCUT2D eigenvalue weighted by Crippen LogP contribution is -2.36. The number of nitrogens with one attached hydrogen (secondary N) is 1. The number of alkyl halides is 2. The summed E-state index contributed by atoms with van der Waals surface area (Å²) in [6.07, 6.45) is -9.62. The van der Waals surface area contributed by atoms with Crippen LogP contribution in [0.3, 0.4) is 0 Å². The number of imidazole rings is 1. The van der Waals surface area contributed by atoms with Crippen LogP contribution >= 0.6 is 15.6 Å². The van der Waals surface area contributed by atoms with Gasteiger partial charge < -0.3 is 35.8 Å². The molecule has 22 nitrogen and oxygen atoms in total. The number of aromatic nitrogens is 8. The van der Waals surface area contributed by atoms with E-state index in [9.17, 15) is 28.8 Å². The highest BCUT2D eigenvalue weighted by Gasteiger charge is 2.84. The molecular formula is C22H24F2N10O12P2. The number of aliphatic hydroxyl groups is 1. The fraction of sp³-hybridized carbons (Fsp3) is 0.545. The molecular weight excluding hydrogens is 696 g/mol. The van der Waals surface area contributed by atoms with Gasteiger partial charge in [0.1, 0.15) is 36.8 Å². The first-order valence-electron chi connectivity index (χ1n) is 14.0. The van der Waals surface area contributed by atoms with Gasteiger partial charge in [-0.2, -0.15) is 14.6 Å². The van der Waals surface area contributed by atoms with Gasteiger partial charge in [0, 0.05) is 12.0 Å². The van der Waals surface area contributed by atoms with Crippen molar-refractivity contribution in [3.63, 3.8) is 0 Å². The van der Waals surface area contributed by atoms with Crippen molar-refractivity contribution in [2.75, 3.05) is 24.7 Å². The lowest BCUT2D eigenvalue weighted by atomic mass is 9.90. The number of ether oxygens (including phenoxy) is 2. The van der Waals surface area contributed by atoms with E-state index in [1.165, 1.54) is 6.20 Å². The van der Waals surface area contributed by atoms with Crippen molar-refractivity contribution in [3.05, 3.63) is 34.8 Å². The van der Waals surface area contributed by atoms with Crippen LogP contribution < -0.4 is 17.0 Å². The Morgan fingerprint density at radius 3 is 2.52 bits per heavy atom. The minimum Gasteiger partial charge on any atom is -0.386 e. The van der Waals surface area contributed by atoms with Gasteiger partial charge in [-0.25, -0.2) is 32.9 Å². The maximum atomic E-state index is 15.3. The van der Waals surface area contributed by atoms with Gasteiger partial charge in [0.25, 0.3) is 11.5 Å². The number of nitrogen functional groups attached to an aromatic ring is 2. The van der Waals surface area contributed by atoms with Gasteiger partial charge in [-0.05, 0) is 0 Å². The third-order valence-corrected chi connectivity index (χ3v) is 10.7. The second-order valence-electron chi connectivity index (χ2n) is 11.5. The maximum absolute atomic E-state index is 15.3. The Bertz CT molecular complexity index is 2120. The summed E-state index contributed by atoms with van der Waals surface area (Å²) in [4.78, 5) is 51.9. The van der Waals surface area contributed by atoms with Crippen LogP contribution in [0.15, 0.2) is 23.6 Å². The predicted octanol–water partition coefficient (Wildman–Crippen LogP) is -0.836. The molecule has 3 aliphatic heterocycles. The monoisotopic (exact) mass is 720 g/mol. The number of halogens is 2. The molecule has 1 saturated carbocycles. The summed E-state index contributed by atoms with van der Waals surface area (Å²) in [5, 5.41) is 15.2. The van der Waals surface area contributed by atoms with Crippen LogP contribution in [-0.4, -0.2) is 104 Å². The molecule has 2 unspecified atom stereocenters. The first-order chi connectivity index (χ1) is 22.6. The maximum Gasteiger partial charge on any atom is 0.472 e. The quantitative estimate of drug-likeness (QED) is 0.138. The molecule has 0 aromatic carbocycles. The normalized spacial score (nSPS) is 39.6. The zero-order valence-electron chi connectivity index (χ0n) is 23.8. The molecule has 8 rings (SSSR count). The van der Waals surface area contributed by atoms with E-state index in [1.807, 2.05) is 0 Å². The summed E-state index contributed by atoms with van der Waals surface area (Å²) in [6, 6.07) is 0. The molecule has 0 radical (unpaired) electrons. The summed E-state index contributed by atoms with van der Waals surface area (Å²) in [5.41, 5.74) is 8.09. The van der Waals surface area contributed by atoms with Gasteiger partial charge in [0.15, 0.2) is 23.0 Å². The van der Waals surface area contributed by atoms with Crippen LogP contribution in [-0.2, 0) is 36.7 Å². The highest BCUT2D eigenvalue weighted by Crippen LogP contribution is 2.74. The average molecular weight is 720 g/mol. The largest absolute Gasteiger partial charge is 0.472 e. The standard InChI is InChI=1S/C22H24F2N10O12P2/c23-22(24)4-21(22)9-3-42-47(37,38)45-13-8(43-18(11(13)35)33-6-29-10-16(33)31-19(25)32-17(10)36)2-41-48(39,40)46-14(21)12(44-9)7-1-30-34-15(7)27-5-28-20(34)26/h1,5-6,8-9,11-14,18,35H,2-4H2,(H,37,38)(H,39,40)(H2,26,27,28)(H3,25,31,32,36)/t8-,9-,11-,12+,13-,14+,18-,21-/m1/s1.